The third kappa shape index (κ3) is 2.57. The van der Waals surface area contributed by atoms with Crippen molar-refractivity contribution in [2.45, 2.75) is 25.6 Å². The monoisotopic (exact) mass is 251 g/mol. The van der Waals surface area contributed by atoms with Gasteiger partial charge in [0.1, 0.15) is 11.8 Å². The van der Waals surface area contributed by atoms with Crippen LogP contribution in [0.5, 0.6) is 0 Å². The summed E-state index contributed by atoms with van der Waals surface area (Å²) in [7, 11) is 3.75. The maximum Gasteiger partial charge on any atom is 0.241 e. The number of hydrogen-bond donors (Lipinski definition) is 1. The molecule has 1 fully saturated rings. The van der Waals surface area contributed by atoms with E-state index >= 15 is 0 Å². The van der Waals surface area contributed by atoms with Gasteiger partial charge in [-0.05, 0) is 26.1 Å². The molecule has 1 amide bonds. The molecule has 0 radical (unpaired) electrons. The smallest absolute Gasteiger partial charge is 0.241 e. The highest BCUT2D eigenvalue weighted by atomic mass is 16.3. The summed E-state index contributed by atoms with van der Waals surface area (Å²) in [6, 6.07) is 3.95. The average molecular weight is 251 g/mol. The van der Waals surface area contributed by atoms with Crippen LogP contribution >= 0.6 is 0 Å². The van der Waals surface area contributed by atoms with E-state index in [4.69, 9.17) is 4.42 Å². The highest BCUT2D eigenvalue weighted by Gasteiger charge is 2.36. The molecule has 5 nitrogen and oxygen atoms in total. The van der Waals surface area contributed by atoms with Gasteiger partial charge in [-0.2, -0.15) is 0 Å². The van der Waals surface area contributed by atoms with Gasteiger partial charge in [0.2, 0.25) is 5.91 Å². The highest BCUT2D eigenvalue weighted by Crippen LogP contribution is 2.18. The quantitative estimate of drug-likeness (QED) is 0.848. The van der Waals surface area contributed by atoms with Crippen molar-refractivity contribution in [1.29, 1.82) is 0 Å². The van der Waals surface area contributed by atoms with Crippen LogP contribution < -0.4 is 5.32 Å². The minimum atomic E-state index is -0.110. The molecule has 1 aromatic heterocycles. The molecule has 0 aromatic carbocycles. The van der Waals surface area contributed by atoms with Crippen LogP contribution in [0.1, 0.15) is 12.7 Å². The van der Waals surface area contributed by atoms with Gasteiger partial charge in [-0.1, -0.05) is 0 Å². The molecular formula is C13H21N3O2. The molecule has 1 N–H and O–H groups in total. The van der Waals surface area contributed by atoms with E-state index in [-0.39, 0.29) is 18.0 Å². The maximum atomic E-state index is 12.3. The predicted molar refractivity (Wildman–Crippen MR) is 69.1 cm³/mol. The number of hydrogen-bond acceptors (Lipinski definition) is 4. The van der Waals surface area contributed by atoms with Crippen molar-refractivity contribution >= 4 is 5.91 Å². The first-order chi connectivity index (χ1) is 8.63. The van der Waals surface area contributed by atoms with Gasteiger partial charge in [-0.25, -0.2) is 0 Å². The summed E-state index contributed by atoms with van der Waals surface area (Å²) in [6.07, 6.45) is 1.67. The first-order valence-electron chi connectivity index (χ1n) is 6.31. The summed E-state index contributed by atoms with van der Waals surface area (Å²) in [6.45, 7) is 4.29. The molecule has 2 unspecified atom stereocenters. The lowest BCUT2D eigenvalue weighted by atomic mass is 10.1. The van der Waals surface area contributed by atoms with Crippen LogP contribution in [0.15, 0.2) is 22.8 Å². The number of carbonyl (C=O) groups excluding carboxylic acids is 1. The summed E-state index contributed by atoms with van der Waals surface area (Å²) in [5.41, 5.74) is 0. The molecule has 18 heavy (non-hydrogen) atoms. The van der Waals surface area contributed by atoms with E-state index < -0.39 is 0 Å². The second-order valence-electron chi connectivity index (χ2n) is 4.88. The van der Waals surface area contributed by atoms with E-state index in [1.54, 1.807) is 6.26 Å². The number of carbonyl (C=O) groups is 1. The molecule has 1 aliphatic heterocycles. The molecule has 2 atom stereocenters. The van der Waals surface area contributed by atoms with Gasteiger partial charge in [0.15, 0.2) is 0 Å². The highest BCUT2D eigenvalue weighted by molar-refractivity contribution is 5.83. The zero-order valence-electron chi connectivity index (χ0n) is 11.2. The molecule has 0 saturated carbocycles. The standard InChI is InChI=1S/C13H21N3O2/c1-10-8-16(9-11-5-4-6-18-11)12(7-14-2)13(17)15(10)3/h4-6,10,12,14H,7-9H2,1-3H3. The Kier molecular flexibility index (Phi) is 4.04. The zero-order chi connectivity index (χ0) is 13.1. The largest absolute Gasteiger partial charge is 0.468 e. The van der Waals surface area contributed by atoms with E-state index in [1.165, 1.54) is 0 Å². The molecular weight excluding hydrogens is 230 g/mol. The molecule has 100 valence electrons. The Morgan fingerprint density at radius 2 is 2.33 bits per heavy atom. The molecule has 0 bridgehead atoms. The lowest BCUT2D eigenvalue weighted by molar-refractivity contribution is -0.143. The van der Waals surface area contributed by atoms with Crippen LogP contribution in [0.4, 0.5) is 0 Å². The number of furan rings is 1. The molecule has 0 aliphatic carbocycles. The summed E-state index contributed by atoms with van der Waals surface area (Å²) >= 11 is 0. The summed E-state index contributed by atoms with van der Waals surface area (Å²) in [5, 5.41) is 3.09. The SMILES string of the molecule is CNCC1C(=O)N(C)C(C)CN1Cc1ccco1. The Morgan fingerprint density at radius 1 is 1.56 bits per heavy atom. The van der Waals surface area contributed by atoms with Crippen molar-refractivity contribution in [3.05, 3.63) is 24.2 Å². The van der Waals surface area contributed by atoms with Crippen molar-refractivity contribution in [1.82, 2.24) is 15.1 Å². The van der Waals surface area contributed by atoms with Gasteiger partial charge in [0.25, 0.3) is 0 Å². The minimum absolute atomic E-state index is 0.110. The molecule has 1 aliphatic rings. The first kappa shape index (κ1) is 13.1. The Hall–Kier alpha value is -1.33. The summed E-state index contributed by atoms with van der Waals surface area (Å²) in [5.74, 6) is 1.08. The lowest BCUT2D eigenvalue weighted by Crippen LogP contribution is -2.61. The van der Waals surface area contributed by atoms with Gasteiger partial charge in [-0.15, -0.1) is 0 Å². The zero-order valence-corrected chi connectivity index (χ0v) is 11.2. The van der Waals surface area contributed by atoms with Crippen LogP contribution in [0, 0.1) is 0 Å². The van der Waals surface area contributed by atoms with E-state index in [0.29, 0.717) is 13.1 Å². The van der Waals surface area contributed by atoms with Crippen LogP contribution in [-0.2, 0) is 11.3 Å². The second-order valence-corrected chi connectivity index (χ2v) is 4.88. The third-order valence-electron chi connectivity index (χ3n) is 3.57. The molecule has 0 spiro atoms. The molecule has 2 rings (SSSR count). The Labute approximate surface area is 108 Å². The van der Waals surface area contributed by atoms with E-state index in [2.05, 4.69) is 17.1 Å². The van der Waals surface area contributed by atoms with Crippen molar-refractivity contribution < 1.29 is 9.21 Å². The second kappa shape index (κ2) is 5.54. The molecule has 1 saturated heterocycles. The van der Waals surface area contributed by atoms with Gasteiger partial charge in [-0.3, -0.25) is 9.69 Å². The molecule has 2 heterocycles. The number of nitrogens with zero attached hydrogens (tertiary/aromatic N) is 2. The topological polar surface area (TPSA) is 48.7 Å². The Bertz CT molecular complexity index is 391. The van der Waals surface area contributed by atoms with Crippen LogP contribution in [-0.4, -0.2) is 55.0 Å². The first-order valence-corrected chi connectivity index (χ1v) is 6.31. The predicted octanol–water partition coefficient (Wildman–Crippen LogP) is 0.530. The van der Waals surface area contributed by atoms with E-state index in [0.717, 1.165) is 12.3 Å². The average Bonchev–Trinajstić information content (AvgIpc) is 2.84. The number of rotatable bonds is 4. The number of likely N-dealkylation sites (N-methyl/N-ethyl adjacent to an activating group) is 2. The summed E-state index contributed by atoms with van der Waals surface area (Å²) in [4.78, 5) is 16.3. The van der Waals surface area contributed by atoms with E-state index in [9.17, 15) is 4.79 Å². The van der Waals surface area contributed by atoms with Crippen LogP contribution in [0.3, 0.4) is 0 Å². The van der Waals surface area contributed by atoms with Crippen LogP contribution in [0.2, 0.25) is 0 Å². The van der Waals surface area contributed by atoms with Crippen molar-refractivity contribution in [3.63, 3.8) is 0 Å². The van der Waals surface area contributed by atoms with Crippen molar-refractivity contribution in [3.8, 4) is 0 Å². The maximum absolute atomic E-state index is 12.3. The molecule has 1 aromatic rings. The Balaban J connectivity index is 2.12. The fourth-order valence-electron chi connectivity index (χ4n) is 2.38. The van der Waals surface area contributed by atoms with Crippen molar-refractivity contribution in [2.75, 3.05) is 27.2 Å². The number of piperazine rings is 1. The lowest BCUT2D eigenvalue weighted by Gasteiger charge is -2.42. The Morgan fingerprint density at radius 3 is 2.94 bits per heavy atom. The van der Waals surface area contributed by atoms with Gasteiger partial charge in [0.05, 0.1) is 12.8 Å². The van der Waals surface area contributed by atoms with Gasteiger partial charge in [0, 0.05) is 26.2 Å². The fraction of sp³-hybridized carbons (Fsp3) is 0.615. The fourth-order valence-corrected chi connectivity index (χ4v) is 2.38. The van der Waals surface area contributed by atoms with Gasteiger partial charge < -0.3 is 14.6 Å². The number of nitrogens with one attached hydrogen (secondary N) is 1. The van der Waals surface area contributed by atoms with Gasteiger partial charge >= 0.3 is 0 Å². The van der Waals surface area contributed by atoms with E-state index in [1.807, 2.05) is 31.1 Å². The number of amides is 1. The van der Waals surface area contributed by atoms with Crippen LogP contribution in [0.25, 0.3) is 0 Å². The minimum Gasteiger partial charge on any atom is -0.468 e. The summed E-state index contributed by atoms with van der Waals surface area (Å²) < 4.78 is 5.37. The normalized spacial score (nSPS) is 25.7. The third-order valence-corrected chi connectivity index (χ3v) is 3.57. The van der Waals surface area contributed by atoms with Crippen molar-refractivity contribution in [2.24, 2.45) is 0 Å². The molecule has 5 heteroatoms.